The lowest BCUT2D eigenvalue weighted by Gasteiger charge is -2.11. The molecule has 1 heterocycles. The maximum atomic E-state index is 4.73. The van der Waals surface area contributed by atoms with E-state index in [0.717, 1.165) is 43.8 Å². The molecule has 0 atom stereocenters. The van der Waals surface area contributed by atoms with Crippen LogP contribution in [0.1, 0.15) is 24.6 Å². The van der Waals surface area contributed by atoms with Crippen LogP contribution in [0.15, 0.2) is 22.7 Å². The summed E-state index contributed by atoms with van der Waals surface area (Å²) in [4.78, 5) is 9.36. The van der Waals surface area contributed by atoms with Crippen LogP contribution in [0, 0.1) is 10.5 Å². The van der Waals surface area contributed by atoms with E-state index in [1.54, 1.807) is 0 Å². The molecule has 106 valence electrons. The molecule has 0 amide bonds. The summed E-state index contributed by atoms with van der Waals surface area (Å²) in [6, 6.07) is 6.23. The second-order valence-electron chi connectivity index (χ2n) is 4.62. The number of benzene rings is 1. The Bertz CT molecular complexity index is 629. The van der Waals surface area contributed by atoms with Gasteiger partial charge in [0.15, 0.2) is 5.82 Å². The topological polar surface area (TPSA) is 37.8 Å². The number of rotatable bonds is 4. The Hall–Kier alpha value is -0.690. The molecule has 0 fully saturated rings. The molecule has 0 saturated carbocycles. The summed E-state index contributed by atoms with van der Waals surface area (Å²) in [5.41, 5.74) is 3.36. The lowest BCUT2D eigenvalue weighted by Crippen LogP contribution is -2.05. The van der Waals surface area contributed by atoms with E-state index >= 15 is 0 Å². The Kier molecular flexibility index (Phi) is 5.37. The average Bonchev–Trinajstić information content (AvgIpc) is 2.44. The van der Waals surface area contributed by atoms with Gasteiger partial charge in [0.1, 0.15) is 5.82 Å². The minimum absolute atomic E-state index is 0.777. The van der Waals surface area contributed by atoms with Crippen LogP contribution in [0.25, 0.3) is 11.4 Å². The first-order valence-electron chi connectivity index (χ1n) is 6.57. The molecule has 0 aliphatic heterocycles. The standard InChI is InChI=1S/C15H17BrIN3/c1-4-5-12-13(17)15(18-3)20-14(19-12)10-7-6-9(2)11(16)8-10/h6-8H,4-5H2,1-3H3,(H,18,19,20). The van der Waals surface area contributed by atoms with Crippen LogP contribution in [0.4, 0.5) is 5.82 Å². The normalized spacial score (nSPS) is 10.7. The third-order valence-corrected chi connectivity index (χ3v) is 5.06. The summed E-state index contributed by atoms with van der Waals surface area (Å²) < 4.78 is 2.20. The maximum Gasteiger partial charge on any atom is 0.161 e. The van der Waals surface area contributed by atoms with E-state index in [1.165, 1.54) is 5.56 Å². The van der Waals surface area contributed by atoms with Crippen LogP contribution >= 0.6 is 38.5 Å². The maximum absolute atomic E-state index is 4.73. The van der Waals surface area contributed by atoms with Gasteiger partial charge in [-0.2, -0.15) is 0 Å². The summed E-state index contributed by atoms with van der Waals surface area (Å²) in [5.74, 6) is 1.68. The van der Waals surface area contributed by atoms with Crippen molar-refractivity contribution in [1.82, 2.24) is 9.97 Å². The highest BCUT2D eigenvalue weighted by atomic mass is 127. The molecule has 3 nitrogen and oxygen atoms in total. The minimum Gasteiger partial charge on any atom is -0.372 e. The third kappa shape index (κ3) is 3.31. The van der Waals surface area contributed by atoms with E-state index in [9.17, 15) is 0 Å². The van der Waals surface area contributed by atoms with Gasteiger partial charge in [-0.25, -0.2) is 9.97 Å². The first kappa shape index (κ1) is 15.7. The van der Waals surface area contributed by atoms with Crippen LogP contribution in [-0.4, -0.2) is 17.0 Å². The molecule has 0 bridgehead atoms. The van der Waals surface area contributed by atoms with Crippen molar-refractivity contribution in [3.63, 3.8) is 0 Å². The van der Waals surface area contributed by atoms with Crippen LogP contribution in [-0.2, 0) is 6.42 Å². The van der Waals surface area contributed by atoms with E-state index < -0.39 is 0 Å². The molecule has 0 unspecified atom stereocenters. The van der Waals surface area contributed by atoms with Crippen LogP contribution in [0.2, 0.25) is 0 Å². The van der Waals surface area contributed by atoms with Gasteiger partial charge in [0.25, 0.3) is 0 Å². The number of halogens is 2. The third-order valence-electron chi connectivity index (χ3n) is 3.07. The molecule has 5 heteroatoms. The molecule has 1 aromatic carbocycles. The second kappa shape index (κ2) is 6.85. The van der Waals surface area contributed by atoms with Gasteiger partial charge in [-0.3, -0.25) is 0 Å². The number of anilines is 1. The highest BCUT2D eigenvalue weighted by Crippen LogP contribution is 2.27. The van der Waals surface area contributed by atoms with Crippen LogP contribution < -0.4 is 5.32 Å². The molecule has 0 radical (unpaired) electrons. The molecule has 2 rings (SSSR count). The first-order valence-corrected chi connectivity index (χ1v) is 8.44. The molecule has 20 heavy (non-hydrogen) atoms. The van der Waals surface area contributed by atoms with Gasteiger partial charge in [-0.15, -0.1) is 0 Å². The summed E-state index contributed by atoms with van der Waals surface area (Å²) >= 11 is 5.89. The van der Waals surface area contributed by atoms with Crippen LogP contribution in [0.5, 0.6) is 0 Å². The Morgan fingerprint density at radius 3 is 2.65 bits per heavy atom. The molecule has 0 aliphatic rings. The monoisotopic (exact) mass is 445 g/mol. The fourth-order valence-corrected chi connectivity index (χ4v) is 3.08. The van der Waals surface area contributed by atoms with E-state index in [1.807, 2.05) is 7.05 Å². The molecule has 0 spiro atoms. The van der Waals surface area contributed by atoms with Gasteiger partial charge >= 0.3 is 0 Å². The fraction of sp³-hybridized carbons (Fsp3) is 0.333. The van der Waals surface area contributed by atoms with Crippen molar-refractivity contribution in [3.8, 4) is 11.4 Å². The van der Waals surface area contributed by atoms with Crippen molar-refractivity contribution in [2.45, 2.75) is 26.7 Å². The fourth-order valence-electron chi connectivity index (χ4n) is 1.92. The Balaban J connectivity index is 2.55. The predicted octanol–water partition coefficient (Wildman–Crippen LogP) is 4.81. The van der Waals surface area contributed by atoms with Gasteiger partial charge in [-0.1, -0.05) is 41.4 Å². The van der Waals surface area contributed by atoms with Crippen molar-refractivity contribution in [2.24, 2.45) is 0 Å². The molecule has 1 aromatic heterocycles. The van der Waals surface area contributed by atoms with E-state index in [-0.39, 0.29) is 0 Å². The number of aryl methyl sites for hydroxylation is 2. The first-order chi connectivity index (χ1) is 9.56. The van der Waals surface area contributed by atoms with Crippen molar-refractivity contribution >= 4 is 44.3 Å². The smallest absolute Gasteiger partial charge is 0.161 e. The van der Waals surface area contributed by atoms with Gasteiger partial charge in [-0.05, 0) is 47.6 Å². The van der Waals surface area contributed by atoms with Gasteiger partial charge in [0.2, 0.25) is 0 Å². The summed E-state index contributed by atoms with van der Waals surface area (Å²) in [7, 11) is 1.90. The van der Waals surface area contributed by atoms with E-state index in [4.69, 9.17) is 4.98 Å². The Morgan fingerprint density at radius 2 is 2.05 bits per heavy atom. The van der Waals surface area contributed by atoms with E-state index in [0.29, 0.717) is 0 Å². The Morgan fingerprint density at radius 1 is 1.30 bits per heavy atom. The van der Waals surface area contributed by atoms with Gasteiger partial charge in [0, 0.05) is 17.1 Å². The molecule has 0 saturated heterocycles. The van der Waals surface area contributed by atoms with Gasteiger partial charge in [0.05, 0.1) is 9.26 Å². The zero-order chi connectivity index (χ0) is 14.7. The quantitative estimate of drug-likeness (QED) is 0.686. The number of nitrogens with one attached hydrogen (secondary N) is 1. The molecule has 1 N–H and O–H groups in total. The Labute approximate surface area is 141 Å². The van der Waals surface area contributed by atoms with Crippen molar-refractivity contribution in [1.29, 1.82) is 0 Å². The van der Waals surface area contributed by atoms with Gasteiger partial charge < -0.3 is 5.32 Å². The zero-order valence-electron chi connectivity index (χ0n) is 11.8. The molecular weight excluding hydrogens is 429 g/mol. The highest BCUT2D eigenvalue weighted by molar-refractivity contribution is 14.1. The summed E-state index contributed by atoms with van der Waals surface area (Å²) in [6.07, 6.45) is 2.04. The lowest BCUT2D eigenvalue weighted by molar-refractivity contribution is 0.868. The molecular formula is C15H17BrIN3. The summed E-state index contributed by atoms with van der Waals surface area (Å²) in [6.45, 7) is 4.24. The van der Waals surface area contributed by atoms with Crippen molar-refractivity contribution in [2.75, 3.05) is 12.4 Å². The van der Waals surface area contributed by atoms with E-state index in [2.05, 4.69) is 80.9 Å². The minimum atomic E-state index is 0.777. The molecule has 2 aromatic rings. The highest BCUT2D eigenvalue weighted by Gasteiger charge is 2.12. The second-order valence-corrected chi connectivity index (χ2v) is 6.55. The van der Waals surface area contributed by atoms with Crippen molar-refractivity contribution < 1.29 is 0 Å². The zero-order valence-corrected chi connectivity index (χ0v) is 15.5. The van der Waals surface area contributed by atoms with Crippen LogP contribution in [0.3, 0.4) is 0 Å². The van der Waals surface area contributed by atoms with Crippen molar-refractivity contribution in [3.05, 3.63) is 37.5 Å². The average molecular weight is 446 g/mol. The SMILES string of the molecule is CCCc1nc(-c2ccc(C)c(Br)c2)nc(NC)c1I. The summed E-state index contributed by atoms with van der Waals surface area (Å²) in [5, 5.41) is 3.16. The number of nitrogens with zero attached hydrogens (tertiary/aromatic N) is 2. The lowest BCUT2D eigenvalue weighted by atomic mass is 10.1. The molecule has 0 aliphatic carbocycles. The number of aromatic nitrogens is 2. The largest absolute Gasteiger partial charge is 0.372 e. The number of hydrogen-bond donors (Lipinski definition) is 1. The number of hydrogen-bond acceptors (Lipinski definition) is 3. The predicted molar refractivity (Wildman–Crippen MR) is 96.2 cm³/mol.